The highest BCUT2D eigenvalue weighted by atomic mass is 35.5. The minimum Gasteiger partial charge on any atom is -0.351 e. The van der Waals surface area contributed by atoms with Crippen molar-refractivity contribution in [3.8, 4) is 0 Å². The Bertz CT molecular complexity index is 1010. The SMILES string of the molecule is Cc1ccc(CNC(=O)CSc2cc(=O)n(C)c3cc(Cl)ccc23)cc1. The zero-order chi connectivity index (χ0) is 18.7. The second kappa shape index (κ2) is 7.98. The van der Waals surface area contributed by atoms with Crippen molar-refractivity contribution in [2.75, 3.05) is 5.75 Å². The van der Waals surface area contributed by atoms with Gasteiger partial charge in [0.05, 0.1) is 11.3 Å². The van der Waals surface area contributed by atoms with Crippen LogP contribution in [0.4, 0.5) is 0 Å². The van der Waals surface area contributed by atoms with E-state index in [1.807, 2.05) is 37.3 Å². The number of hydrogen-bond donors (Lipinski definition) is 1. The van der Waals surface area contributed by atoms with Gasteiger partial charge in [-0.1, -0.05) is 47.5 Å². The summed E-state index contributed by atoms with van der Waals surface area (Å²) in [5.74, 6) is 0.176. The number of carbonyl (C=O) groups is 1. The lowest BCUT2D eigenvalue weighted by Crippen LogP contribution is -2.24. The molecule has 4 nitrogen and oxygen atoms in total. The predicted molar refractivity (Wildman–Crippen MR) is 108 cm³/mol. The van der Waals surface area contributed by atoms with Crippen LogP contribution in [0.15, 0.2) is 58.2 Å². The molecule has 0 bridgehead atoms. The largest absolute Gasteiger partial charge is 0.351 e. The molecule has 1 N–H and O–H groups in total. The number of amides is 1. The molecule has 6 heteroatoms. The number of nitrogens with zero attached hydrogens (tertiary/aromatic N) is 1. The standard InChI is InChI=1S/C20H19ClN2O2S/c1-13-3-5-14(6-4-13)11-22-19(24)12-26-18-10-20(25)23(2)17-9-15(21)7-8-16(17)18/h3-10H,11-12H2,1-2H3,(H,22,24). The molecule has 3 rings (SSSR count). The fraction of sp³-hybridized carbons (Fsp3) is 0.200. The van der Waals surface area contributed by atoms with Gasteiger partial charge in [-0.2, -0.15) is 0 Å². The molecule has 1 aromatic heterocycles. The van der Waals surface area contributed by atoms with Crippen LogP contribution in [0.2, 0.25) is 5.02 Å². The highest BCUT2D eigenvalue weighted by Crippen LogP contribution is 2.28. The van der Waals surface area contributed by atoms with E-state index in [2.05, 4.69) is 5.32 Å². The summed E-state index contributed by atoms with van der Waals surface area (Å²) < 4.78 is 1.56. The summed E-state index contributed by atoms with van der Waals surface area (Å²) in [5.41, 5.74) is 2.88. The number of aryl methyl sites for hydroxylation is 2. The monoisotopic (exact) mass is 386 g/mol. The van der Waals surface area contributed by atoms with Crippen molar-refractivity contribution in [1.82, 2.24) is 9.88 Å². The van der Waals surface area contributed by atoms with Gasteiger partial charge in [-0.15, -0.1) is 11.8 Å². The molecule has 0 saturated heterocycles. The van der Waals surface area contributed by atoms with Crippen molar-refractivity contribution in [2.45, 2.75) is 18.4 Å². The van der Waals surface area contributed by atoms with E-state index in [9.17, 15) is 9.59 Å². The fourth-order valence-electron chi connectivity index (χ4n) is 2.62. The molecular formula is C20H19ClN2O2S. The number of nitrogens with one attached hydrogen (secondary N) is 1. The average Bonchev–Trinajstić information content (AvgIpc) is 2.63. The lowest BCUT2D eigenvalue weighted by Gasteiger charge is -2.10. The molecule has 134 valence electrons. The molecule has 3 aromatic rings. The van der Waals surface area contributed by atoms with Gasteiger partial charge in [0.1, 0.15) is 0 Å². The Kier molecular flexibility index (Phi) is 5.69. The highest BCUT2D eigenvalue weighted by molar-refractivity contribution is 8.00. The first kappa shape index (κ1) is 18.5. The second-order valence-corrected chi connectivity index (χ2v) is 7.57. The molecule has 0 unspecified atom stereocenters. The third-order valence-electron chi connectivity index (χ3n) is 4.14. The molecule has 0 radical (unpaired) electrons. The Morgan fingerprint density at radius 1 is 1.15 bits per heavy atom. The summed E-state index contributed by atoms with van der Waals surface area (Å²) >= 11 is 7.40. The number of benzene rings is 2. The molecule has 0 aliphatic heterocycles. The summed E-state index contributed by atoms with van der Waals surface area (Å²) in [7, 11) is 1.71. The third-order valence-corrected chi connectivity index (χ3v) is 5.43. The number of thioether (sulfide) groups is 1. The van der Waals surface area contributed by atoms with Crippen LogP contribution in [0.1, 0.15) is 11.1 Å². The Morgan fingerprint density at radius 3 is 2.62 bits per heavy atom. The van der Waals surface area contributed by atoms with Crippen LogP contribution in [0.5, 0.6) is 0 Å². The van der Waals surface area contributed by atoms with Gasteiger partial charge in [0.15, 0.2) is 0 Å². The van der Waals surface area contributed by atoms with Crippen molar-refractivity contribution in [3.05, 3.63) is 75.0 Å². The number of hydrogen-bond acceptors (Lipinski definition) is 3. The second-order valence-electron chi connectivity index (χ2n) is 6.12. The molecule has 0 saturated carbocycles. The fourth-order valence-corrected chi connectivity index (χ4v) is 3.68. The first-order valence-electron chi connectivity index (χ1n) is 8.18. The summed E-state index contributed by atoms with van der Waals surface area (Å²) in [6.45, 7) is 2.52. The number of carbonyl (C=O) groups excluding carboxylic acids is 1. The third kappa shape index (κ3) is 4.29. The summed E-state index contributed by atoms with van der Waals surface area (Å²) in [6, 6.07) is 15.0. The Balaban J connectivity index is 1.69. The average molecular weight is 387 g/mol. The van der Waals surface area contributed by atoms with E-state index in [1.165, 1.54) is 17.3 Å². The van der Waals surface area contributed by atoms with Crippen LogP contribution < -0.4 is 10.9 Å². The Labute approximate surface area is 161 Å². The van der Waals surface area contributed by atoms with Crippen LogP contribution in [0.3, 0.4) is 0 Å². The molecule has 26 heavy (non-hydrogen) atoms. The lowest BCUT2D eigenvalue weighted by atomic mass is 10.1. The van der Waals surface area contributed by atoms with Gasteiger partial charge in [-0.05, 0) is 24.6 Å². The molecule has 1 amide bonds. The number of fused-ring (bicyclic) bond motifs is 1. The number of aromatic nitrogens is 1. The van der Waals surface area contributed by atoms with Crippen molar-refractivity contribution in [1.29, 1.82) is 0 Å². The van der Waals surface area contributed by atoms with E-state index >= 15 is 0 Å². The van der Waals surface area contributed by atoms with E-state index in [0.29, 0.717) is 11.6 Å². The highest BCUT2D eigenvalue weighted by Gasteiger charge is 2.10. The van der Waals surface area contributed by atoms with E-state index in [0.717, 1.165) is 21.4 Å². The molecule has 1 heterocycles. The first-order chi connectivity index (χ1) is 12.4. The van der Waals surface area contributed by atoms with Crippen LogP contribution in [0, 0.1) is 6.92 Å². The molecule has 2 aromatic carbocycles. The van der Waals surface area contributed by atoms with Gasteiger partial charge < -0.3 is 9.88 Å². The van der Waals surface area contributed by atoms with Gasteiger partial charge in [-0.25, -0.2) is 0 Å². The molecule has 0 fully saturated rings. The molecule has 0 atom stereocenters. The quantitative estimate of drug-likeness (QED) is 0.676. The summed E-state index contributed by atoms with van der Waals surface area (Å²) in [5, 5.41) is 4.39. The van der Waals surface area contributed by atoms with Crippen LogP contribution in [-0.2, 0) is 18.4 Å². The number of halogens is 1. The summed E-state index contributed by atoms with van der Waals surface area (Å²) in [6.07, 6.45) is 0. The van der Waals surface area contributed by atoms with Gasteiger partial charge in [0.2, 0.25) is 5.91 Å². The van der Waals surface area contributed by atoms with Crippen molar-refractivity contribution in [3.63, 3.8) is 0 Å². The minimum atomic E-state index is -0.123. The van der Waals surface area contributed by atoms with E-state index in [4.69, 9.17) is 11.6 Å². The Morgan fingerprint density at radius 2 is 1.88 bits per heavy atom. The zero-order valence-electron chi connectivity index (χ0n) is 14.6. The molecule has 0 aliphatic rings. The van der Waals surface area contributed by atoms with Gasteiger partial charge in [-0.3, -0.25) is 9.59 Å². The van der Waals surface area contributed by atoms with Crippen LogP contribution in [0.25, 0.3) is 10.9 Å². The zero-order valence-corrected chi connectivity index (χ0v) is 16.2. The van der Waals surface area contributed by atoms with Crippen molar-refractivity contribution < 1.29 is 4.79 Å². The normalized spacial score (nSPS) is 10.9. The van der Waals surface area contributed by atoms with Crippen molar-refractivity contribution in [2.24, 2.45) is 7.05 Å². The first-order valence-corrected chi connectivity index (χ1v) is 9.55. The van der Waals surface area contributed by atoms with Crippen LogP contribution >= 0.6 is 23.4 Å². The molecule has 0 spiro atoms. The maximum atomic E-state index is 12.2. The smallest absolute Gasteiger partial charge is 0.251 e. The molecular weight excluding hydrogens is 368 g/mol. The van der Waals surface area contributed by atoms with Crippen molar-refractivity contribution >= 4 is 40.2 Å². The van der Waals surface area contributed by atoms with E-state index in [-0.39, 0.29) is 17.2 Å². The maximum absolute atomic E-state index is 12.2. The van der Waals surface area contributed by atoms with Gasteiger partial charge in [0.25, 0.3) is 5.56 Å². The Hall–Kier alpha value is -2.24. The van der Waals surface area contributed by atoms with E-state index < -0.39 is 0 Å². The number of rotatable bonds is 5. The van der Waals surface area contributed by atoms with Gasteiger partial charge in [0, 0.05) is 35.0 Å². The number of pyridine rings is 1. The van der Waals surface area contributed by atoms with E-state index in [1.54, 1.807) is 29.8 Å². The van der Waals surface area contributed by atoms with Crippen LogP contribution in [-0.4, -0.2) is 16.2 Å². The predicted octanol–water partition coefficient (Wildman–Crippen LogP) is 3.91. The molecule has 0 aliphatic carbocycles. The maximum Gasteiger partial charge on any atom is 0.251 e. The minimum absolute atomic E-state index is 0.0710. The lowest BCUT2D eigenvalue weighted by molar-refractivity contribution is -0.118. The summed E-state index contributed by atoms with van der Waals surface area (Å²) in [4.78, 5) is 25.1. The van der Waals surface area contributed by atoms with Gasteiger partial charge >= 0.3 is 0 Å². The topological polar surface area (TPSA) is 51.1 Å².